The van der Waals surface area contributed by atoms with Crippen molar-refractivity contribution < 1.29 is 0 Å². The van der Waals surface area contributed by atoms with Crippen LogP contribution in [0.4, 0.5) is 0 Å². The Kier molecular flexibility index (Phi) is 1.93. The first-order valence-electron chi connectivity index (χ1n) is 4.58. The van der Waals surface area contributed by atoms with Gasteiger partial charge < -0.3 is 4.98 Å². The van der Waals surface area contributed by atoms with Crippen molar-refractivity contribution >= 4 is 17.0 Å². The van der Waals surface area contributed by atoms with Gasteiger partial charge in [-0.25, -0.2) is 0 Å². The van der Waals surface area contributed by atoms with Gasteiger partial charge in [-0.3, -0.25) is 0 Å². The first kappa shape index (κ1) is 8.11. The standard InChI is InChI=1S/C12H13N/c1-3-9-10-7-5-6-8-12(10)13-11(9)4-2/h4-8,13H,2-3H2,1H3. The van der Waals surface area contributed by atoms with Crippen LogP contribution < -0.4 is 0 Å². The predicted octanol–water partition coefficient (Wildman–Crippen LogP) is 3.37. The van der Waals surface area contributed by atoms with Crippen molar-refractivity contribution in [1.82, 2.24) is 4.98 Å². The Morgan fingerprint density at radius 3 is 2.85 bits per heavy atom. The second-order valence-corrected chi connectivity index (χ2v) is 3.12. The minimum atomic E-state index is 1.05. The van der Waals surface area contributed by atoms with Gasteiger partial charge in [-0.2, -0.15) is 0 Å². The van der Waals surface area contributed by atoms with Crippen LogP contribution in [0, 0.1) is 0 Å². The fourth-order valence-electron chi connectivity index (χ4n) is 1.78. The van der Waals surface area contributed by atoms with Crippen LogP contribution in [0.1, 0.15) is 18.2 Å². The number of nitrogens with one attached hydrogen (secondary N) is 1. The van der Waals surface area contributed by atoms with Crippen LogP contribution >= 0.6 is 0 Å². The Morgan fingerprint density at radius 2 is 2.15 bits per heavy atom. The number of aromatic amines is 1. The van der Waals surface area contributed by atoms with Crippen LogP contribution in [0.5, 0.6) is 0 Å². The second-order valence-electron chi connectivity index (χ2n) is 3.12. The third-order valence-corrected chi connectivity index (χ3v) is 2.40. The van der Waals surface area contributed by atoms with E-state index in [0.29, 0.717) is 0 Å². The number of aromatic nitrogens is 1. The van der Waals surface area contributed by atoms with E-state index in [1.807, 2.05) is 12.1 Å². The molecule has 0 atom stereocenters. The second kappa shape index (κ2) is 3.09. The molecule has 0 spiro atoms. The van der Waals surface area contributed by atoms with Gasteiger partial charge in [0, 0.05) is 16.6 Å². The average molecular weight is 171 g/mol. The zero-order chi connectivity index (χ0) is 9.26. The number of hydrogen-bond acceptors (Lipinski definition) is 0. The summed E-state index contributed by atoms with van der Waals surface area (Å²) in [5.41, 5.74) is 3.73. The highest BCUT2D eigenvalue weighted by atomic mass is 14.7. The minimum absolute atomic E-state index is 1.05. The topological polar surface area (TPSA) is 15.8 Å². The first-order chi connectivity index (χ1) is 6.36. The lowest BCUT2D eigenvalue weighted by molar-refractivity contribution is 1.14. The van der Waals surface area contributed by atoms with E-state index in [1.54, 1.807) is 0 Å². The summed E-state index contributed by atoms with van der Waals surface area (Å²) in [4.78, 5) is 3.35. The van der Waals surface area contributed by atoms with Crippen LogP contribution in [-0.2, 0) is 6.42 Å². The Balaban J connectivity index is 2.81. The maximum Gasteiger partial charge on any atom is 0.0461 e. The van der Waals surface area contributed by atoms with Gasteiger partial charge >= 0.3 is 0 Å². The third kappa shape index (κ3) is 1.17. The molecule has 0 saturated carbocycles. The molecule has 0 aliphatic carbocycles. The normalized spacial score (nSPS) is 10.5. The molecule has 0 aliphatic heterocycles. The monoisotopic (exact) mass is 171 g/mol. The first-order valence-corrected chi connectivity index (χ1v) is 4.58. The van der Waals surface area contributed by atoms with Gasteiger partial charge in [0.15, 0.2) is 0 Å². The fourth-order valence-corrected chi connectivity index (χ4v) is 1.78. The fraction of sp³-hybridized carbons (Fsp3) is 0.167. The van der Waals surface area contributed by atoms with E-state index in [1.165, 1.54) is 16.5 Å². The molecule has 13 heavy (non-hydrogen) atoms. The van der Waals surface area contributed by atoms with E-state index in [2.05, 4.69) is 36.7 Å². The highest BCUT2D eigenvalue weighted by Crippen LogP contribution is 2.23. The molecule has 0 unspecified atom stereocenters. The molecule has 1 heterocycles. The van der Waals surface area contributed by atoms with Gasteiger partial charge in [-0.05, 0) is 24.1 Å². The van der Waals surface area contributed by atoms with Crippen molar-refractivity contribution in [2.75, 3.05) is 0 Å². The summed E-state index contributed by atoms with van der Waals surface area (Å²) in [7, 11) is 0. The smallest absolute Gasteiger partial charge is 0.0461 e. The van der Waals surface area contributed by atoms with E-state index >= 15 is 0 Å². The van der Waals surface area contributed by atoms with Crippen molar-refractivity contribution in [2.24, 2.45) is 0 Å². The molecule has 0 amide bonds. The summed E-state index contributed by atoms with van der Waals surface area (Å²) in [6.45, 7) is 5.97. The molecule has 1 aromatic carbocycles. The SMILES string of the molecule is C=Cc1[nH]c2ccccc2c1CC. The van der Waals surface area contributed by atoms with Gasteiger partial charge in [0.1, 0.15) is 0 Å². The third-order valence-electron chi connectivity index (χ3n) is 2.40. The number of H-pyrrole nitrogens is 1. The average Bonchev–Trinajstić information content (AvgIpc) is 2.55. The molecule has 0 bridgehead atoms. The van der Waals surface area contributed by atoms with Gasteiger partial charge in [0.05, 0.1) is 0 Å². The van der Waals surface area contributed by atoms with Gasteiger partial charge in [0.25, 0.3) is 0 Å². The molecule has 1 heteroatoms. The van der Waals surface area contributed by atoms with Crippen molar-refractivity contribution in [3.05, 3.63) is 42.1 Å². The number of fused-ring (bicyclic) bond motifs is 1. The van der Waals surface area contributed by atoms with Gasteiger partial charge in [-0.1, -0.05) is 31.7 Å². The van der Waals surface area contributed by atoms with Crippen LogP contribution in [0.2, 0.25) is 0 Å². The summed E-state index contributed by atoms with van der Waals surface area (Å²) >= 11 is 0. The maximum absolute atomic E-state index is 3.80. The summed E-state index contributed by atoms with van der Waals surface area (Å²) in [5, 5.41) is 1.32. The highest BCUT2D eigenvalue weighted by Gasteiger charge is 2.05. The summed E-state index contributed by atoms with van der Waals surface area (Å²) in [5.74, 6) is 0. The van der Waals surface area contributed by atoms with E-state index in [0.717, 1.165) is 12.1 Å². The number of aryl methyl sites for hydroxylation is 1. The lowest BCUT2D eigenvalue weighted by Gasteiger charge is -1.94. The Labute approximate surface area is 78.1 Å². The minimum Gasteiger partial charge on any atom is -0.355 e. The molecule has 1 nitrogen and oxygen atoms in total. The van der Waals surface area contributed by atoms with Crippen molar-refractivity contribution in [1.29, 1.82) is 0 Å². The molecule has 2 aromatic rings. The zero-order valence-corrected chi connectivity index (χ0v) is 7.80. The molecule has 1 N–H and O–H groups in total. The summed E-state index contributed by atoms with van der Waals surface area (Å²) in [6, 6.07) is 8.37. The van der Waals surface area contributed by atoms with E-state index < -0.39 is 0 Å². The number of para-hydroxylation sites is 1. The number of rotatable bonds is 2. The van der Waals surface area contributed by atoms with Crippen LogP contribution in [0.3, 0.4) is 0 Å². The Morgan fingerprint density at radius 1 is 1.38 bits per heavy atom. The Hall–Kier alpha value is -1.50. The number of benzene rings is 1. The summed E-state index contributed by atoms with van der Waals surface area (Å²) in [6.07, 6.45) is 2.93. The molecule has 66 valence electrons. The lowest BCUT2D eigenvalue weighted by Crippen LogP contribution is -1.80. The molecule has 0 radical (unpaired) electrons. The van der Waals surface area contributed by atoms with E-state index in [4.69, 9.17) is 0 Å². The molecule has 0 saturated heterocycles. The van der Waals surface area contributed by atoms with Crippen LogP contribution in [-0.4, -0.2) is 4.98 Å². The van der Waals surface area contributed by atoms with E-state index in [-0.39, 0.29) is 0 Å². The van der Waals surface area contributed by atoms with Crippen LogP contribution in [0.25, 0.3) is 17.0 Å². The largest absolute Gasteiger partial charge is 0.355 e. The molecule has 0 aliphatic rings. The van der Waals surface area contributed by atoms with Gasteiger partial charge in [0.2, 0.25) is 0 Å². The van der Waals surface area contributed by atoms with Crippen molar-refractivity contribution in [2.45, 2.75) is 13.3 Å². The Bertz CT molecular complexity index is 437. The van der Waals surface area contributed by atoms with Crippen molar-refractivity contribution in [3.63, 3.8) is 0 Å². The number of hydrogen-bond donors (Lipinski definition) is 1. The molecule has 0 fully saturated rings. The summed E-state index contributed by atoms with van der Waals surface area (Å²) < 4.78 is 0. The molecule has 1 aromatic heterocycles. The predicted molar refractivity (Wildman–Crippen MR) is 57.8 cm³/mol. The zero-order valence-electron chi connectivity index (χ0n) is 7.80. The lowest BCUT2D eigenvalue weighted by atomic mass is 10.1. The van der Waals surface area contributed by atoms with Crippen molar-refractivity contribution in [3.8, 4) is 0 Å². The van der Waals surface area contributed by atoms with E-state index in [9.17, 15) is 0 Å². The van der Waals surface area contributed by atoms with Gasteiger partial charge in [-0.15, -0.1) is 0 Å². The molecular weight excluding hydrogens is 158 g/mol. The maximum atomic E-state index is 3.80. The highest BCUT2D eigenvalue weighted by molar-refractivity contribution is 5.86. The van der Waals surface area contributed by atoms with Crippen LogP contribution in [0.15, 0.2) is 30.8 Å². The molecule has 2 rings (SSSR count). The quantitative estimate of drug-likeness (QED) is 0.713. The molecular formula is C12H13N.